The van der Waals surface area contributed by atoms with Crippen molar-refractivity contribution in [1.29, 1.82) is 0 Å². The number of ether oxygens (including phenoxy) is 1. The SMILES string of the molecule is CCOc1cc(C2/C(=C(\O)c3ccc(C)c(C)c3)C(=O)C(=O)N2c2ccc(F)c(Cl)c2)ccc1O. The van der Waals surface area contributed by atoms with Gasteiger partial charge >= 0.3 is 0 Å². The second-order valence-electron chi connectivity index (χ2n) is 8.23. The average Bonchev–Trinajstić information content (AvgIpc) is 3.09. The van der Waals surface area contributed by atoms with Crippen molar-refractivity contribution in [2.24, 2.45) is 0 Å². The number of nitrogens with zero attached hydrogens (tertiary/aromatic N) is 1. The molecule has 0 radical (unpaired) electrons. The van der Waals surface area contributed by atoms with Crippen molar-refractivity contribution in [3.05, 3.63) is 93.3 Å². The number of carbonyl (C=O) groups is 2. The molecule has 1 fully saturated rings. The summed E-state index contributed by atoms with van der Waals surface area (Å²) in [5.41, 5.74) is 2.70. The normalized spacial score (nSPS) is 17.2. The Hall–Kier alpha value is -3.84. The Bertz CT molecular complexity index is 1380. The van der Waals surface area contributed by atoms with Crippen LogP contribution in [-0.4, -0.2) is 28.5 Å². The van der Waals surface area contributed by atoms with Crippen molar-refractivity contribution in [3.8, 4) is 11.5 Å². The third kappa shape index (κ3) is 4.35. The zero-order chi connectivity index (χ0) is 25.4. The van der Waals surface area contributed by atoms with Crippen molar-refractivity contribution in [3.63, 3.8) is 0 Å². The van der Waals surface area contributed by atoms with E-state index in [0.29, 0.717) is 11.1 Å². The van der Waals surface area contributed by atoms with Crippen LogP contribution < -0.4 is 9.64 Å². The van der Waals surface area contributed by atoms with Crippen LogP contribution in [0.25, 0.3) is 5.76 Å². The van der Waals surface area contributed by atoms with Crippen LogP contribution in [0, 0.1) is 19.7 Å². The number of halogens is 2. The topological polar surface area (TPSA) is 87.1 Å². The number of ketones is 1. The third-order valence-electron chi connectivity index (χ3n) is 6.01. The first-order valence-corrected chi connectivity index (χ1v) is 11.3. The van der Waals surface area contributed by atoms with Crippen molar-refractivity contribution >= 4 is 34.7 Å². The molecular weight excluding hydrogens is 473 g/mol. The molecule has 1 heterocycles. The maximum atomic E-state index is 13.9. The lowest BCUT2D eigenvalue weighted by Gasteiger charge is -2.26. The molecule has 6 nitrogen and oxygen atoms in total. The fraction of sp³-hybridized carbons (Fsp3) is 0.185. The van der Waals surface area contributed by atoms with E-state index in [2.05, 4.69) is 0 Å². The number of aliphatic hydroxyl groups is 1. The number of phenolic OH excluding ortho intramolecular Hbond substituents is 1. The lowest BCUT2D eigenvalue weighted by atomic mass is 9.94. The van der Waals surface area contributed by atoms with E-state index in [-0.39, 0.29) is 40.1 Å². The van der Waals surface area contributed by atoms with Crippen LogP contribution in [0.5, 0.6) is 11.5 Å². The first-order valence-electron chi connectivity index (χ1n) is 10.9. The van der Waals surface area contributed by atoms with Gasteiger partial charge in [0.2, 0.25) is 0 Å². The highest BCUT2D eigenvalue weighted by molar-refractivity contribution is 6.51. The van der Waals surface area contributed by atoms with Gasteiger partial charge in [-0.3, -0.25) is 14.5 Å². The smallest absolute Gasteiger partial charge is 0.300 e. The third-order valence-corrected chi connectivity index (χ3v) is 6.30. The van der Waals surface area contributed by atoms with Gasteiger partial charge in [-0.15, -0.1) is 0 Å². The zero-order valence-corrected chi connectivity index (χ0v) is 20.1. The number of carbonyl (C=O) groups excluding carboxylic acids is 2. The highest BCUT2D eigenvalue weighted by atomic mass is 35.5. The minimum atomic E-state index is -1.09. The van der Waals surface area contributed by atoms with Crippen LogP contribution in [0.2, 0.25) is 5.02 Å². The standard InChI is InChI=1S/C27H23ClFNO5/c1-4-35-22-12-16(7-10-21(22)31)24-23(25(32)17-6-5-14(2)15(3)11-17)26(33)27(34)30(24)18-8-9-20(29)19(28)13-18/h5-13,24,31-32H,4H2,1-3H3/b25-23+. The number of aromatic hydroxyl groups is 1. The number of Topliss-reactive ketones (excluding diaryl/α,β-unsaturated/α-hetero) is 1. The Balaban J connectivity index is 1.98. The van der Waals surface area contributed by atoms with Gasteiger partial charge in [0.15, 0.2) is 11.5 Å². The Morgan fingerprint density at radius 1 is 1.06 bits per heavy atom. The van der Waals surface area contributed by atoms with Crippen molar-refractivity contribution in [2.75, 3.05) is 11.5 Å². The molecular formula is C27H23ClFNO5. The van der Waals surface area contributed by atoms with E-state index in [1.54, 1.807) is 19.1 Å². The monoisotopic (exact) mass is 495 g/mol. The van der Waals surface area contributed by atoms with Crippen molar-refractivity contribution < 1.29 is 28.9 Å². The number of benzene rings is 3. The second kappa shape index (κ2) is 9.43. The van der Waals surface area contributed by atoms with Crippen LogP contribution in [0.3, 0.4) is 0 Å². The van der Waals surface area contributed by atoms with Gasteiger partial charge in [-0.2, -0.15) is 0 Å². The molecule has 0 spiro atoms. The summed E-state index contributed by atoms with van der Waals surface area (Å²) in [5, 5.41) is 21.2. The molecule has 35 heavy (non-hydrogen) atoms. The highest BCUT2D eigenvalue weighted by Gasteiger charge is 2.47. The number of aliphatic hydroxyl groups excluding tert-OH is 1. The summed E-state index contributed by atoms with van der Waals surface area (Å²) in [6, 6.07) is 12.2. The summed E-state index contributed by atoms with van der Waals surface area (Å²) < 4.78 is 19.4. The maximum Gasteiger partial charge on any atom is 0.300 e. The van der Waals surface area contributed by atoms with Gasteiger partial charge < -0.3 is 14.9 Å². The first kappa shape index (κ1) is 24.3. The zero-order valence-electron chi connectivity index (χ0n) is 19.3. The highest BCUT2D eigenvalue weighted by Crippen LogP contribution is 2.44. The molecule has 1 atom stereocenters. The maximum absolute atomic E-state index is 13.9. The van der Waals surface area contributed by atoms with E-state index in [9.17, 15) is 24.2 Å². The van der Waals surface area contributed by atoms with Crippen LogP contribution in [0.4, 0.5) is 10.1 Å². The van der Waals surface area contributed by atoms with E-state index in [1.165, 1.54) is 30.3 Å². The molecule has 3 aromatic carbocycles. The summed E-state index contributed by atoms with van der Waals surface area (Å²) in [4.78, 5) is 27.7. The lowest BCUT2D eigenvalue weighted by Crippen LogP contribution is -2.29. The molecule has 0 aromatic heterocycles. The van der Waals surface area contributed by atoms with Gasteiger partial charge in [-0.25, -0.2) is 4.39 Å². The average molecular weight is 496 g/mol. The van der Waals surface area contributed by atoms with Crippen LogP contribution in [0.1, 0.15) is 35.2 Å². The van der Waals surface area contributed by atoms with E-state index in [0.717, 1.165) is 22.1 Å². The number of hydrogen-bond donors (Lipinski definition) is 2. The summed E-state index contributed by atoms with van der Waals surface area (Å²) in [5.74, 6) is -2.81. The minimum Gasteiger partial charge on any atom is -0.507 e. The van der Waals surface area contributed by atoms with Crippen LogP contribution in [0.15, 0.2) is 60.2 Å². The number of amides is 1. The van der Waals surface area contributed by atoms with Crippen LogP contribution in [-0.2, 0) is 9.59 Å². The fourth-order valence-electron chi connectivity index (χ4n) is 4.07. The molecule has 1 amide bonds. The van der Waals surface area contributed by atoms with Crippen molar-refractivity contribution in [1.82, 2.24) is 0 Å². The molecule has 1 saturated heterocycles. The molecule has 0 bridgehead atoms. The van der Waals surface area contributed by atoms with Gasteiger partial charge in [0.25, 0.3) is 11.7 Å². The quantitative estimate of drug-likeness (QED) is 0.264. The number of anilines is 1. The summed E-state index contributed by atoms with van der Waals surface area (Å²) >= 11 is 5.97. The molecule has 4 rings (SSSR count). The van der Waals surface area contributed by atoms with E-state index in [4.69, 9.17) is 16.3 Å². The van der Waals surface area contributed by atoms with Gasteiger partial charge in [-0.1, -0.05) is 29.8 Å². The Kier molecular flexibility index (Phi) is 6.54. The summed E-state index contributed by atoms with van der Waals surface area (Å²) in [7, 11) is 0. The van der Waals surface area contributed by atoms with Crippen molar-refractivity contribution in [2.45, 2.75) is 26.8 Å². The van der Waals surface area contributed by atoms with Gasteiger partial charge in [-0.05, 0) is 73.9 Å². The summed E-state index contributed by atoms with van der Waals surface area (Å²) in [6.45, 7) is 5.81. The molecule has 1 unspecified atom stereocenters. The largest absolute Gasteiger partial charge is 0.507 e. The number of phenols is 1. The van der Waals surface area contributed by atoms with Gasteiger partial charge in [0, 0.05) is 11.3 Å². The van der Waals surface area contributed by atoms with E-state index >= 15 is 0 Å². The molecule has 2 N–H and O–H groups in total. The summed E-state index contributed by atoms with van der Waals surface area (Å²) in [6.07, 6.45) is 0. The van der Waals surface area contributed by atoms with Gasteiger partial charge in [0.1, 0.15) is 11.6 Å². The molecule has 0 saturated carbocycles. The van der Waals surface area contributed by atoms with E-state index < -0.39 is 23.5 Å². The van der Waals surface area contributed by atoms with Gasteiger partial charge in [0.05, 0.1) is 23.2 Å². The molecule has 3 aromatic rings. The predicted octanol–water partition coefficient (Wildman–Crippen LogP) is 5.83. The number of aryl methyl sites for hydroxylation is 2. The Morgan fingerprint density at radius 2 is 1.80 bits per heavy atom. The molecule has 8 heteroatoms. The number of hydrogen-bond acceptors (Lipinski definition) is 5. The predicted molar refractivity (Wildman–Crippen MR) is 131 cm³/mol. The number of rotatable bonds is 5. The fourth-order valence-corrected chi connectivity index (χ4v) is 4.24. The Morgan fingerprint density at radius 3 is 2.46 bits per heavy atom. The Labute approximate surface area is 206 Å². The first-order chi connectivity index (χ1) is 16.6. The lowest BCUT2D eigenvalue weighted by molar-refractivity contribution is -0.132. The minimum absolute atomic E-state index is 0.119. The molecule has 1 aliphatic rings. The second-order valence-corrected chi connectivity index (χ2v) is 8.63. The van der Waals surface area contributed by atoms with E-state index in [1.807, 2.05) is 19.9 Å². The molecule has 1 aliphatic heterocycles. The molecule has 0 aliphatic carbocycles. The van der Waals surface area contributed by atoms with Crippen LogP contribution >= 0.6 is 11.6 Å². The molecule has 180 valence electrons.